The molecule has 43 heavy (non-hydrogen) atoms. The van der Waals surface area contributed by atoms with Crippen LogP contribution >= 0.6 is 70.7 Å². The third-order valence-electron chi connectivity index (χ3n) is 7.70. The van der Waals surface area contributed by atoms with E-state index < -0.39 is 0 Å². The van der Waals surface area contributed by atoms with E-state index in [9.17, 15) is 9.59 Å². The first kappa shape index (κ1) is 44.4. The van der Waals surface area contributed by atoms with Crippen molar-refractivity contribution < 1.29 is 9.59 Å². The molecule has 0 saturated heterocycles. The van der Waals surface area contributed by atoms with Gasteiger partial charge in [-0.3, -0.25) is 9.59 Å². The van der Waals surface area contributed by atoms with Gasteiger partial charge in [0.1, 0.15) is 0 Å². The van der Waals surface area contributed by atoms with Crippen molar-refractivity contribution in [1.29, 1.82) is 0 Å². The fourth-order valence-corrected chi connectivity index (χ4v) is 20.1. The molecule has 11 heteroatoms. The van der Waals surface area contributed by atoms with Gasteiger partial charge in [-0.05, 0) is 62.0 Å². The normalized spacial score (nSPS) is 12.9. The quantitative estimate of drug-likeness (QED) is 0.0483. The maximum atomic E-state index is 11.9. The minimum absolute atomic E-state index is 0.122. The number of primary amides is 2. The van der Waals surface area contributed by atoms with Crippen molar-refractivity contribution in [2.75, 3.05) is 0 Å². The monoisotopic (exact) mass is 732 g/mol. The molecule has 0 rings (SSSR count). The van der Waals surface area contributed by atoms with Crippen molar-refractivity contribution in [2.45, 2.75) is 191 Å². The predicted octanol–water partition coefficient (Wildman–Crippen LogP) is 13.5. The van der Waals surface area contributed by atoms with E-state index in [4.69, 9.17) is 11.5 Å². The standard InChI is InChI=1S/C32H64N2O2S7/c1-3-5-7-9-11-13-15-17-19-21-23-25-27-29(31(33)35)37-39-41-43-42-40-38-30(32(34)36)28-26-24-22-20-18-16-14-12-10-8-6-4-2/h29-30H,3-28H2,1-2H3,(H2,33,35)(H2,34,36). The molecule has 0 aliphatic rings. The maximum Gasteiger partial charge on any atom is 0.231 e. The van der Waals surface area contributed by atoms with Gasteiger partial charge in [-0.1, -0.05) is 190 Å². The Morgan fingerprint density at radius 2 is 0.628 bits per heavy atom. The number of carbonyl (C=O) groups is 2. The Morgan fingerprint density at radius 1 is 0.395 bits per heavy atom. The Labute approximate surface area is 292 Å². The summed E-state index contributed by atoms with van der Waals surface area (Å²) in [5, 5.41) is -0.244. The van der Waals surface area contributed by atoms with Crippen molar-refractivity contribution in [3.05, 3.63) is 0 Å². The molecule has 0 bridgehead atoms. The van der Waals surface area contributed by atoms with E-state index in [1.165, 1.54) is 141 Å². The first-order chi connectivity index (χ1) is 21.0. The summed E-state index contributed by atoms with van der Waals surface area (Å²) in [7, 11) is 11.4. The van der Waals surface area contributed by atoms with Gasteiger partial charge < -0.3 is 11.5 Å². The van der Waals surface area contributed by atoms with E-state index in [2.05, 4.69) is 13.8 Å². The predicted molar refractivity (Wildman–Crippen MR) is 210 cm³/mol. The molecule has 256 valence electrons. The van der Waals surface area contributed by atoms with E-state index >= 15 is 0 Å². The Morgan fingerprint density at radius 3 is 0.884 bits per heavy atom. The molecule has 0 aromatic carbocycles. The van der Waals surface area contributed by atoms with Crippen LogP contribution in [0.25, 0.3) is 0 Å². The lowest BCUT2D eigenvalue weighted by Gasteiger charge is -2.12. The second kappa shape index (κ2) is 36.2. The highest BCUT2D eigenvalue weighted by Crippen LogP contribution is 2.56. The van der Waals surface area contributed by atoms with Gasteiger partial charge in [-0.25, -0.2) is 0 Å². The van der Waals surface area contributed by atoms with Crippen LogP contribution in [-0.2, 0) is 9.59 Å². The molecule has 2 amide bonds. The van der Waals surface area contributed by atoms with Crippen LogP contribution in [0.15, 0.2) is 0 Å². The number of hydrogen-bond acceptors (Lipinski definition) is 9. The third kappa shape index (κ3) is 33.1. The largest absolute Gasteiger partial charge is 0.369 e. The second-order valence-electron chi connectivity index (χ2n) is 11.7. The fourth-order valence-electron chi connectivity index (χ4n) is 4.98. The van der Waals surface area contributed by atoms with Crippen molar-refractivity contribution in [1.82, 2.24) is 0 Å². The van der Waals surface area contributed by atoms with Gasteiger partial charge in [0.2, 0.25) is 11.8 Å². The van der Waals surface area contributed by atoms with E-state index in [0.717, 1.165) is 25.7 Å². The maximum absolute atomic E-state index is 11.9. The number of unbranched alkanes of at least 4 members (excludes halogenated alkanes) is 22. The zero-order valence-electron chi connectivity index (χ0n) is 27.4. The first-order valence-electron chi connectivity index (χ1n) is 17.3. The SMILES string of the molecule is CCCCCCCCCCCCCCC(SSSSSSSC(CCCCCCCCCCCCCC)C(N)=O)C(N)=O. The number of nitrogens with two attached hydrogens (primary N) is 2. The van der Waals surface area contributed by atoms with Crippen LogP contribution in [0, 0.1) is 0 Å². The van der Waals surface area contributed by atoms with Crippen molar-refractivity contribution in [2.24, 2.45) is 11.5 Å². The minimum atomic E-state index is -0.203. The lowest BCUT2D eigenvalue weighted by atomic mass is 10.0. The summed E-state index contributed by atoms with van der Waals surface area (Å²) in [6.45, 7) is 4.54. The Balaban J connectivity index is 3.68. The fraction of sp³-hybridized carbons (Fsp3) is 0.938. The molecular formula is C32H64N2O2S7. The molecule has 0 aromatic heterocycles. The summed E-state index contributed by atoms with van der Waals surface area (Å²) >= 11 is 0. The van der Waals surface area contributed by atoms with E-state index in [1.54, 1.807) is 70.7 Å². The Bertz CT molecular complexity index is 570. The highest BCUT2D eigenvalue weighted by atomic mass is 33.9. The number of hydrogen-bond donors (Lipinski definition) is 2. The average Bonchev–Trinajstić information content (AvgIpc) is 2.99. The molecule has 0 saturated carbocycles. The Hall–Kier alpha value is 1.39. The molecule has 2 unspecified atom stereocenters. The van der Waals surface area contributed by atoms with E-state index in [1.807, 2.05) is 0 Å². The third-order valence-corrected chi connectivity index (χ3v) is 21.4. The van der Waals surface area contributed by atoms with Gasteiger partial charge in [0.15, 0.2) is 0 Å². The zero-order chi connectivity index (χ0) is 31.6. The van der Waals surface area contributed by atoms with Crippen molar-refractivity contribution >= 4 is 82.5 Å². The number of amides is 2. The lowest BCUT2D eigenvalue weighted by molar-refractivity contribution is -0.118. The number of carbonyl (C=O) groups excluding carboxylic acids is 2. The molecule has 4 N–H and O–H groups in total. The minimum Gasteiger partial charge on any atom is -0.369 e. The van der Waals surface area contributed by atoms with Gasteiger partial charge >= 0.3 is 0 Å². The number of rotatable bonds is 36. The lowest BCUT2D eigenvalue weighted by Crippen LogP contribution is -2.24. The molecule has 0 fully saturated rings. The molecule has 2 atom stereocenters. The smallest absolute Gasteiger partial charge is 0.231 e. The molecule has 0 heterocycles. The van der Waals surface area contributed by atoms with Crippen LogP contribution in [-0.4, -0.2) is 22.3 Å². The van der Waals surface area contributed by atoms with Gasteiger partial charge in [-0.2, -0.15) is 0 Å². The van der Waals surface area contributed by atoms with Gasteiger partial charge in [0.05, 0.1) is 10.5 Å². The van der Waals surface area contributed by atoms with Crippen LogP contribution < -0.4 is 11.5 Å². The van der Waals surface area contributed by atoms with Crippen molar-refractivity contribution in [3.8, 4) is 0 Å². The highest BCUT2D eigenvalue weighted by molar-refractivity contribution is 9.46. The molecule has 0 aromatic rings. The highest BCUT2D eigenvalue weighted by Gasteiger charge is 2.18. The summed E-state index contributed by atoms with van der Waals surface area (Å²) in [6, 6.07) is 0. The topological polar surface area (TPSA) is 86.2 Å². The summed E-state index contributed by atoms with van der Waals surface area (Å²) in [4.78, 5) is 23.8. The molecule has 0 aliphatic carbocycles. The first-order valence-corrected chi connectivity index (χ1v) is 26.2. The molecule has 0 aliphatic heterocycles. The second-order valence-corrected chi connectivity index (χ2v) is 23.2. The summed E-state index contributed by atoms with van der Waals surface area (Å²) < 4.78 is 0. The van der Waals surface area contributed by atoms with Gasteiger partial charge in [-0.15, -0.1) is 0 Å². The summed E-state index contributed by atoms with van der Waals surface area (Å²) in [5.41, 5.74) is 11.3. The van der Waals surface area contributed by atoms with E-state index in [-0.39, 0.29) is 22.3 Å². The van der Waals surface area contributed by atoms with Crippen LogP contribution in [0.4, 0.5) is 0 Å². The van der Waals surface area contributed by atoms with Gasteiger partial charge in [0.25, 0.3) is 0 Å². The Kier molecular flexibility index (Phi) is 37.4. The van der Waals surface area contributed by atoms with Crippen LogP contribution in [0.2, 0.25) is 0 Å². The molecule has 0 radical (unpaired) electrons. The van der Waals surface area contributed by atoms with E-state index in [0.29, 0.717) is 0 Å². The molecule has 0 spiro atoms. The van der Waals surface area contributed by atoms with Gasteiger partial charge in [0, 0.05) is 0 Å². The van der Waals surface area contributed by atoms with Crippen LogP contribution in [0.3, 0.4) is 0 Å². The van der Waals surface area contributed by atoms with Crippen molar-refractivity contribution in [3.63, 3.8) is 0 Å². The molecular weight excluding hydrogens is 669 g/mol. The summed E-state index contributed by atoms with van der Waals surface area (Å²) in [6.07, 6.45) is 33.4. The average molecular weight is 733 g/mol. The van der Waals surface area contributed by atoms with Crippen LogP contribution in [0.1, 0.15) is 181 Å². The molecule has 4 nitrogen and oxygen atoms in total. The zero-order valence-corrected chi connectivity index (χ0v) is 33.1. The summed E-state index contributed by atoms with van der Waals surface area (Å²) in [5.74, 6) is -0.406. The van der Waals surface area contributed by atoms with Crippen LogP contribution in [0.5, 0.6) is 0 Å².